The number of piperazine rings is 1. The zero-order chi connectivity index (χ0) is 20.8. The molecule has 0 spiro atoms. The molecule has 2 N–H and O–H groups in total. The summed E-state index contributed by atoms with van der Waals surface area (Å²) in [4.78, 5) is 36.3. The van der Waals surface area contributed by atoms with E-state index in [1.54, 1.807) is 24.0 Å². The van der Waals surface area contributed by atoms with E-state index in [9.17, 15) is 14.0 Å². The standard InChI is InChI=1S/C19H22FN5O3S/c1-2-28-18(27)15-11-22-19(23-17(15)21)29-12-16(26)25-9-7-24(8-10-25)14-5-3-13(20)4-6-14/h3-6,11H,2,7-10,12H2,1H3,(H2,21,22,23). The molecule has 10 heteroatoms. The second kappa shape index (κ2) is 9.55. The Morgan fingerprint density at radius 2 is 1.90 bits per heavy atom. The highest BCUT2D eigenvalue weighted by atomic mass is 32.2. The number of hydrogen-bond donors (Lipinski definition) is 1. The number of amides is 1. The number of nitrogen functional groups attached to an aromatic ring is 1. The van der Waals surface area contributed by atoms with Crippen LogP contribution in [0, 0.1) is 5.82 Å². The average molecular weight is 419 g/mol. The zero-order valence-electron chi connectivity index (χ0n) is 16.0. The van der Waals surface area contributed by atoms with Crippen LogP contribution in [-0.2, 0) is 9.53 Å². The van der Waals surface area contributed by atoms with Gasteiger partial charge in [-0.1, -0.05) is 11.8 Å². The lowest BCUT2D eigenvalue weighted by Crippen LogP contribution is -2.49. The lowest BCUT2D eigenvalue weighted by molar-refractivity contribution is -0.128. The second-order valence-corrected chi connectivity index (χ2v) is 7.25. The van der Waals surface area contributed by atoms with Crippen molar-refractivity contribution >= 4 is 35.1 Å². The fourth-order valence-corrected chi connectivity index (χ4v) is 3.62. The summed E-state index contributed by atoms with van der Waals surface area (Å²) in [5.41, 5.74) is 6.85. The fourth-order valence-electron chi connectivity index (χ4n) is 2.90. The van der Waals surface area contributed by atoms with Crippen LogP contribution in [0.3, 0.4) is 0 Å². The van der Waals surface area contributed by atoms with E-state index in [0.717, 1.165) is 5.69 Å². The van der Waals surface area contributed by atoms with Crippen molar-refractivity contribution < 1.29 is 18.7 Å². The van der Waals surface area contributed by atoms with Crippen LogP contribution in [-0.4, -0.2) is 65.3 Å². The Labute approximate surface area is 172 Å². The molecule has 0 radical (unpaired) electrons. The third kappa shape index (κ3) is 5.35. The summed E-state index contributed by atoms with van der Waals surface area (Å²) in [7, 11) is 0. The summed E-state index contributed by atoms with van der Waals surface area (Å²) in [6.07, 6.45) is 1.31. The van der Waals surface area contributed by atoms with E-state index < -0.39 is 5.97 Å². The second-order valence-electron chi connectivity index (χ2n) is 6.30. The molecule has 1 aromatic heterocycles. The number of aromatic nitrogens is 2. The molecule has 1 saturated heterocycles. The van der Waals surface area contributed by atoms with Crippen LogP contribution in [0.4, 0.5) is 15.9 Å². The van der Waals surface area contributed by atoms with E-state index in [4.69, 9.17) is 10.5 Å². The van der Waals surface area contributed by atoms with Crippen LogP contribution < -0.4 is 10.6 Å². The quantitative estimate of drug-likeness (QED) is 0.430. The van der Waals surface area contributed by atoms with E-state index in [1.165, 1.54) is 30.1 Å². The van der Waals surface area contributed by atoms with Gasteiger partial charge in [0.25, 0.3) is 0 Å². The Hall–Kier alpha value is -2.88. The van der Waals surface area contributed by atoms with Crippen molar-refractivity contribution in [2.75, 3.05) is 49.2 Å². The minimum atomic E-state index is -0.573. The van der Waals surface area contributed by atoms with Gasteiger partial charge in [0.1, 0.15) is 17.2 Å². The highest BCUT2D eigenvalue weighted by Gasteiger charge is 2.22. The summed E-state index contributed by atoms with van der Waals surface area (Å²) in [5.74, 6) is -0.657. The predicted octanol–water partition coefficient (Wildman–Crippen LogP) is 1.82. The molecule has 0 bridgehead atoms. The summed E-state index contributed by atoms with van der Waals surface area (Å²) in [5, 5.41) is 0.328. The highest BCUT2D eigenvalue weighted by Crippen LogP contribution is 2.20. The number of carbonyl (C=O) groups is 2. The van der Waals surface area contributed by atoms with Crippen LogP contribution in [0.5, 0.6) is 0 Å². The maximum absolute atomic E-state index is 13.1. The molecule has 1 aliphatic heterocycles. The zero-order valence-corrected chi connectivity index (χ0v) is 16.8. The van der Waals surface area contributed by atoms with Crippen LogP contribution in [0.2, 0.25) is 0 Å². The molecule has 1 aliphatic rings. The smallest absolute Gasteiger partial charge is 0.343 e. The topological polar surface area (TPSA) is 102 Å². The molecule has 29 heavy (non-hydrogen) atoms. The summed E-state index contributed by atoms with van der Waals surface area (Å²) >= 11 is 1.17. The van der Waals surface area contributed by atoms with E-state index in [-0.39, 0.29) is 35.5 Å². The molecule has 0 aliphatic carbocycles. The average Bonchev–Trinajstić information content (AvgIpc) is 2.73. The molecular weight excluding hydrogens is 397 g/mol. The van der Waals surface area contributed by atoms with Gasteiger partial charge in [0.05, 0.1) is 12.4 Å². The van der Waals surface area contributed by atoms with Crippen molar-refractivity contribution in [2.24, 2.45) is 0 Å². The Bertz CT molecular complexity index is 873. The summed E-state index contributed by atoms with van der Waals surface area (Å²) < 4.78 is 17.9. The third-order valence-electron chi connectivity index (χ3n) is 4.44. The number of esters is 1. The monoisotopic (exact) mass is 419 g/mol. The predicted molar refractivity (Wildman–Crippen MR) is 108 cm³/mol. The lowest BCUT2D eigenvalue weighted by Gasteiger charge is -2.36. The number of carbonyl (C=O) groups excluding carboxylic acids is 2. The molecule has 3 rings (SSSR count). The van der Waals surface area contributed by atoms with Gasteiger partial charge in [0.2, 0.25) is 5.91 Å². The van der Waals surface area contributed by atoms with Crippen molar-refractivity contribution in [1.82, 2.24) is 14.9 Å². The molecular formula is C19H22FN5O3S. The van der Waals surface area contributed by atoms with Gasteiger partial charge in [0, 0.05) is 38.1 Å². The Balaban J connectivity index is 1.49. The molecule has 0 saturated carbocycles. The van der Waals surface area contributed by atoms with Gasteiger partial charge in [-0.25, -0.2) is 19.2 Å². The molecule has 1 amide bonds. The number of nitrogens with two attached hydrogens (primary N) is 1. The Morgan fingerprint density at radius 1 is 1.21 bits per heavy atom. The normalized spacial score (nSPS) is 14.0. The van der Waals surface area contributed by atoms with Crippen molar-refractivity contribution in [3.8, 4) is 0 Å². The number of hydrogen-bond acceptors (Lipinski definition) is 8. The van der Waals surface area contributed by atoms with Gasteiger partial charge in [0.15, 0.2) is 5.16 Å². The molecule has 154 valence electrons. The van der Waals surface area contributed by atoms with Crippen molar-refractivity contribution in [3.63, 3.8) is 0 Å². The number of thioether (sulfide) groups is 1. The largest absolute Gasteiger partial charge is 0.462 e. The van der Waals surface area contributed by atoms with Gasteiger partial charge >= 0.3 is 5.97 Å². The molecule has 2 heterocycles. The van der Waals surface area contributed by atoms with Crippen molar-refractivity contribution in [1.29, 1.82) is 0 Å². The first-order chi connectivity index (χ1) is 14.0. The van der Waals surface area contributed by atoms with Crippen LogP contribution in [0.25, 0.3) is 0 Å². The molecule has 0 unspecified atom stereocenters. The number of benzene rings is 1. The lowest BCUT2D eigenvalue weighted by atomic mass is 10.2. The van der Waals surface area contributed by atoms with Gasteiger partial charge in [-0.15, -0.1) is 0 Å². The number of rotatable bonds is 6. The van der Waals surface area contributed by atoms with E-state index in [2.05, 4.69) is 14.9 Å². The highest BCUT2D eigenvalue weighted by molar-refractivity contribution is 7.99. The first-order valence-electron chi connectivity index (χ1n) is 9.18. The van der Waals surface area contributed by atoms with Crippen molar-refractivity contribution in [2.45, 2.75) is 12.1 Å². The molecule has 0 atom stereocenters. The van der Waals surface area contributed by atoms with Gasteiger partial charge in [-0.05, 0) is 31.2 Å². The molecule has 2 aromatic rings. The van der Waals surface area contributed by atoms with Crippen molar-refractivity contribution in [3.05, 3.63) is 41.8 Å². The van der Waals surface area contributed by atoms with Gasteiger partial charge in [-0.2, -0.15) is 0 Å². The van der Waals surface area contributed by atoms with E-state index in [1.807, 2.05) is 0 Å². The summed E-state index contributed by atoms with van der Waals surface area (Å²) in [6.45, 7) is 4.46. The number of nitrogens with zero attached hydrogens (tertiary/aromatic N) is 4. The minimum Gasteiger partial charge on any atom is -0.462 e. The van der Waals surface area contributed by atoms with Gasteiger partial charge < -0.3 is 20.3 Å². The van der Waals surface area contributed by atoms with Crippen LogP contribution in [0.15, 0.2) is 35.6 Å². The van der Waals surface area contributed by atoms with E-state index in [0.29, 0.717) is 31.3 Å². The molecule has 1 fully saturated rings. The number of anilines is 2. The third-order valence-corrected chi connectivity index (χ3v) is 5.29. The van der Waals surface area contributed by atoms with Crippen LogP contribution >= 0.6 is 11.8 Å². The Kier molecular flexibility index (Phi) is 6.86. The van der Waals surface area contributed by atoms with E-state index >= 15 is 0 Å². The minimum absolute atomic E-state index is 0.0228. The first-order valence-corrected chi connectivity index (χ1v) is 10.2. The fraction of sp³-hybridized carbons (Fsp3) is 0.368. The maximum Gasteiger partial charge on any atom is 0.343 e. The number of ether oxygens (including phenoxy) is 1. The Morgan fingerprint density at radius 3 is 2.52 bits per heavy atom. The van der Waals surface area contributed by atoms with Crippen LogP contribution in [0.1, 0.15) is 17.3 Å². The maximum atomic E-state index is 13.1. The summed E-state index contributed by atoms with van der Waals surface area (Å²) in [6, 6.07) is 6.35. The molecule has 1 aromatic carbocycles. The first kappa shape index (κ1) is 20.8. The number of halogens is 1. The SMILES string of the molecule is CCOC(=O)c1cnc(SCC(=O)N2CCN(c3ccc(F)cc3)CC2)nc1N. The molecule has 8 nitrogen and oxygen atoms in total. The van der Waals surface area contributed by atoms with Gasteiger partial charge in [-0.3, -0.25) is 4.79 Å².